The SMILES string of the molecule is CCCCNC(=O)NS(=O)(=O)c1c(C)ccc(C)c1N. The number of anilines is 1. The van der Waals surface area contributed by atoms with Crippen molar-refractivity contribution in [2.24, 2.45) is 0 Å². The number of unbranched alkanes of at least 4 members (excludes halogenated alkanes) is 1. The fourth-order valence-corrected chi connectivity index (χ4v) is 3.11. The highest BCUT2D eigenvalue weighted by Crippen LogP contribution is 2.25. The second kappa shape index (κ2) is 6.60. The second-order valence-electron chi connectivity index (χ2n) is 4.66. The maximum absolute atomic E-state index is 12.2. The van der Waals surface area contributed by atoms with Crippen molar-refractivity contribution < 1.29 is 13.2 Å². The Labute approximate surface area is 119 Å². The lowest BCUT2D eigenvalue weighted by atomic mass is 10.1. The van der Waals surface area contributed by atoms with E-state index in [4.69, 9.17) is 5.73 Å². The van der Waals surface area contributed by atoms with Gasteiger partial charge in [-0.2, -0.15) is 0 Å². The number of hydrogen-bond donors (Lipinski definition) is 3. The molecule has 1 aromatic carbocycles. The topological polar surface area (TPSA) is 101 Å². The van der Waals surface area contributed by atoms with Crippen LogP contribution in [0.1, 0.15) is 30.9 Å². The lowest BCUT2D eigenvalue weighted by molar-refractivity contribution is 0.245. The molecule has 0 heterocycles. The summed E-state index contributed by atoms with van der Waals surface area (Å²) in [7, 11) is -3.97. The number of sulfonamides is 1. The van der Waals surface area contributed by atoms with Crippen LogP contribution in [0, 0.1) is 13.8 Å². The predicted octanol–water partition coefficient (Wildman–Crippen LogP) is 1.67. The molecule has 1 aromatic rings. The lowest BCUT2D eigenvalue weighted by Gasteiger charge is -2.13. The fraction of sp³-hybridized carbons (Fsp3) is 0.462. The molecular weight excluding hydrogens is 278 g/mol. The van der Waals surface area contributed by atoms with Gasteiger partial charge in [0.1, 0.15) is 4.90 Å². The standard InChI is InChI=1S/C13H21N3O3S/c1-4-5-8-15-13(17)16-20(18,19)12-10(3)7-6-9(2)11(12)14/h6-7H,4-5,8,14H2,1-3H3,(H2,15,16,17). The summed E-state index contributed by atoms with van der Waals surface area (Å²) in [6.07, 6.45) is 1.70. The number of nitrogens with two attached hydrogens (primary N) is 1. The van der Waals surface area contributed by atoms with E-state index in [2.05, 4.69) is 5.32 Å². The van der Waals surface area contributed by atoms with Crippen LogP contribution in [-0.4, -0.2) is 21.0 Å². The van der Waals surface area contributed by atoms with Crippen molar-refractivity contribution in [1.29, 1.82) is 0 Å². The molecule has 0 saturated heterocycles. The first-order chi connectivity index (χ1) is 9.29. The van der Waals surface area contributed by atoms with E-state index in [9.17, 15) is 13.2 Å². The number of nitrogen functional groups attached to an aromatic ring is 1. The molecule has 0 saturated carbocycles. The number of aryl methyl sites for hydroxylation is 2. The molecule has 0 bridgehead atoms. The number of benzene rings is 1. The van der Waals surface area contributed by atoms with Gasteiger partial charge in [-0.15, -0.1) is 0 Å². The molecule has 0 spiro atoms. The zero-order valence-corrected chi connectivity index (χ0v) is 12.8. The molecule has 6 nitrogen and oxygen atoms in total. The Bertz CT molecular complexity index is 597. The van der Waals surface area contributed by atoms with Crippen molar-refractivity contribution in [1.82, 2.24) is 10.0 Å². The average molecular weight is 299 g/mol. The average Bonchev–Trinajstić information content (AvgIpc) is 2.33. The Morgan fingerprint density at radius 2 is 1.85 bits per heavy atom. The lowest BCUT2D eigenvalue weighted by Crippen LogP contribution is -2.40. The fourth-order valence-electron chi connectivity index (χ4n) is 1.75. The van der Waals surface area contributed by atoms with E-state index in [1.54, 1.807) is 26.0 Å². The molecular formula is C13H21N3O3S. The van der Waals surface area contributed by atoms with E-state index >= 15 is 0 Å². The van der Waals surface area contributed by atoms with Crippen molar-refractivity contribution in [3.05, 3.63) is 23.3 Å². The molecule has 0 aliphatic carbocycles. The molecule has 112 valence electrons. The first-order valence-electron chi connectivity index (χ1n) is 6.46. The molecule has 0 aliphatic rings. The zero-order valence-electron chi connectivity index (χ0n) is 12.0. The molecule has 0 aromatic heterocycles. The predicted molar refractivity (Wildman–Crippen MR) is 79.0 cm³/mol. The minimum atomic E-state index is -3.97. The monoisotopic (exact) mass is 299 g/mol. The molecule has 2 amide bonds. The molecule has 0 atom stereocenters. The number of amides is 2. The van der Waals surface area contributed by atoms with Gasteiger partial charge in [0, 0.05) is 6.54 Å². The largest absolute Gasteiger partial charge is 0.397 e. The quantitative estimate of drug-likeness (QED) is 0.568. The number of rotatable bonds is 5. The number of urea groups is 1. The van der Waals surface area contributed by atoms with Crippen LogP contribution >= 0.6 is 0 Å². The third-order valence-electron chi connectivity index (χ3n) is 2.92. The molecule has 4 N–H and O–H groups in total. The third kappa shape index (κ3) is 3.86. The molecule has 0 aliphatic heterocycles. The maximum Gasteiger partial charge on any atom is 0.328 e. The van der Waals surface area contributed by atoms with Crippen LogP contribution in [0.25, 0.3) is 0 Å². The minimum Gasteiger partial charge on any atom is -0.397 e. The summed E-state index contributed by atoms with van der Waals surface area (Å²) in [6, 6.07) is 2.67. The molecule has 0 radical (unpaired) electrons. The Kier molecular flexibility index (Phi) is 5.38. The number of carbonyl (C=O) groups excluding carboxylic acids is 1. The van der Waals surface area contributed by atoms with E-state index in [-0.39, 0.29) is 10.6 Å². The zero-order chi connectivity index (χ0) is 15.3. The summed E-state index contributed by atoms with van der Waals surface area (Å²) in [6.45, 7) is 5.77. The summed E-state index contributed by atoms with van der Waals surface area (Å²) >= 11 is 0. The molecule has 0 unspecified atom stereocenters. The van der Waals surface area contributed by atoms with E-state index in [1.807, 2.05) is 11.6 Å². The van der Waals surface area contributed by atoms with Crippen LogP contribution in [0.4, 0.5) is 10.5 Å². The molecule has 20 heavy (non-hydrogen) atoms. The minimum absolute atomic E-state index is 0.0388. The van der Waals surface area contributed by atoms with Crippen molar-refractivity contribution in [3.63, 3.8) is 0 Å². The van der Waals surface area contributed by atoms with Crippen molar-refractivity contribution in [2.45, 2.75) is 38.5 Å². The van der Waals surface area contributed by atoms with Gasteiger partial charge in [-0.1, -0.05) is 25.5 Å². The van der Waals surface area contributed by atoms with Gasteiger partial charge in [0.15, 0.2) is 0 Å². The first-order valence-corrected chi connectivity index (χ1v) is 7.94. The van der Waals surface area contributed by atoms with Gasteiger partial charge in [-0.05, 0) is 31.4 Å². The smallest absolute Gasteiger partial charge is 0.328 e. The summed E-state index contributed by atoms with van der Waals surface area (Å²) < 4.78 is 26.4. The number of carbonyl (C=O) groups is 1. The van der Waals surface area contributed by atoms with Crippen LogP contribution in [0.5, 0.6) is 0 Å². The van der Waals surface area contributed by atoms with E-state index < -0.39 is 16.1 Å². The highest BCUT2D eigenvalue weighted by molar-refractivity contribution is 7.90. The van der Waals surface area contributed by atoms with E-state index in [0.717, 1.165) is 12.8 Å². The number of hydrogen-bond acceptors (Lipinski definition) is 4. The Balaban J connectivity index is 2.95. The first kappa shape index (κ1) is 16.3. The number of nitrogens with one attached hydrogen (secondary N) is 2. The van der Waals surface area contributed by atoms with Gasteiger partial charge in [0.2, 0.25) is 0 Å². The van der Waals surface area contributed by atoms with Crippen LogP contribution in [0.3, 0.4) is 0 Å². The van der Waals surface area contributed by atoms with Crippen LogP contribution in [0.2, 0.25) is 0 Å². The summed E-state index contributed by atoms with van der Waals surface area (Å²) in [5, 5.41) is 2.49. The van der Waals surface area contributed by atoms with Crippen LogP contribution in [0.15, 0.2) is 17.0 Å². The van der Waals surface area contributed by atoms with Crippen LogP contribution in [-0.2, 0) is 10.0 Å². The van der Waals surface area contributed by atoms with Gasteiger partial charge >= 0.3 is 6.03 Å². The summed E-state index contributed by atoms with van der Waals surface area (Å²) in [4.78, 5) is 11.5. The van der Waals surface area contributed by atoms with Gasteiger partial charge in [0.05, 0.1) is 5.69 Å². The van der Waals surface area contributed by atoms with Crippen molar-refractivity contribution in [2.75, 3.05) is 12.3 Å². The molecule has 7 heteroatoms. The van der Waals surface area contributed by atoms with E-state index in [1.165, 1.54) is 0 Å². The summed E-state index contributed by atoms with van der Waals surface area (Å²) in [5.41, 5.74) is 7.14. The molecule has 1 rings (SSSR count). The highest BCUT2D eigenvalue weighted by atomic mass is 32.2. The Morgan fingerprint density at radius 1 is 1.25 bits per heavy atom. The van der Waals surface area contributed by atoms with Gasteiger partial charge in [-0.3, -0.25) is 0 Å². The third-order valence-corrected chi connectivity index (χ3v) is 4.46. The second-order valence-corrected chi connectivity index (χ2v) is 6.28. The van der Waals surface area contributed by atoms with Gasteiger partial charge < -0.3 is 11.1 Å². The maximum atomic E-state index is 12.2. The van der Waals surface area contributed by atoms with Crippen molar-refractivity contribution >= 4 is 21.7 Å². The van der Waals surface area contributed by atoms with Gasteiger partial charge in [0.25, 0.3) is 10.0 Å². The van der Waals surface area contributed by atoms with Crippen molar-refractivity contribution in [3.8, 4) is 0 Å². The van der Waals surface area contributed by atoms with Crippen LogP contribution < -0.4 is 15.8 Å². The molecule has 0 fully saturated rings. The van der Waals surface area contributed by atoms with E-state index in [0.29, 0.717) is 17.7 Å². The Morgan fingerprint density at radius 3 is 2.45 bits per heavy atom. The summed E-state index contributed by atoms with van der Waals surface area (Å²) in [5.74, 6) is 0. The Hall–Kier alpha value is -1.76. The van der Waals surface area contributed by atoms with Gasteiger partial charge in [-0.25, -0.2) is 17.9 Å². The highest BCUT2D eigenvalue weighted by Gasteiger charge is 2.23. The normalized spacial score (nSPS) is 11.2.